The minimum Gasteiger partial charge on any atom is -0.423 e. The Balaban J connectivity index is 1.94. The molecule has 0 unspecified atom stereocenters. The molecule has 1 aromatic heterocycles. The highest BCUT2D eigenvalue weighted by atomic mass is 16.5. The van der Waals surface area contributed by atoms with Gasteiger partial charge in [-0.1, -0.05) is 38.5 Å². The lowest BCUT2D eigenvalue weighted by Crippen LogP contribution is -2.46. The number of nitrogens with zero attached hydrogens (tertiary/aromatic N) is 3. The van der Waals surface area contributed by atoms with Gasteiger partial charge in [0.25, 0.3) is 5.62 Å². The zero-order valence-electron chi connectivity index (χ0n) is 13.2. The SMILES string of the molecule is N=c1nc(N(C2CCCCC2)C2CCCCC2)cc(N)n1O. The number of rotatable bonds is 3. The van der Waals surface area contributed by atoms with E-state index in [0.29, 0.717) is 16.8 Å². The first-order valence-corrected chi connectivity index (χ1v) is 8.58. The highest BCUT2D eigenvalue weighted by molar-refractivity contribution is 5.48. The van der Waals surface area contributed by atoms with Crippen molar-refractivity contribution in [2.45, 2.75) is 76.3 Å². The zero-order valence-corrected chi connectivity index (χ0v) is 13.2. The van der Waals surface area contributed by atoms with Crippen molar-refractivity contribution in [3.05, 3.63) is 11.7 Å². The minimum absolute atomic E-state index is 0.187. The van der Waals surface area contributed by atoms with Crippen molar-refractivity contribution >= 4 is 11.6 Å². The molecule has 0 aliphatic heterocycles. The fourth-order valence-corrected chi connectivity index (χ4v) is 4.03. The molecule has 0 atom stereocenters. The predicted octanol–water partition coefficient (Wildman–Crippen LogP) is 2.65. The van der Waals surface area contributed by atoms with Crippen LogP contribution in [-0.2, 0) is 0 Å². The summed E-state index contributed by atoms with van der Waals surface area (Å²) in [6, 6.07) is 2.72. The molecule has 0 amide bonds. The van der Waals surface area contributed by atoms with Crippen LogP contribution in [-0.4, -0.2) is 27.0 Å². The quantitative estimate of drug-likeness (QED) is 0.749. The Hall–Kier alpha value is -1.72. The first-order valence-electron chi connectivity index (χ1n) is 8.58. The molecular weight excluding hydrogens is 278 g/mol. The Morgan fingerprint density at radius 3 is 2.00 bits per heavy atom. The van der Waals surface area contributed by atoms with Crippen molar-refractivity contribution in [3.63, 3.8) is 0 Å². The molecule has 122 valence electrons. The summed E-state index contributed by atoms with van der Waals surface area (Å²) < 4.78 is 0.642. The van der Waals surface area contributed by atoms with Gasteiger partial charge in [0, 0.05) is 18.2 Å². The maximum atomic E-state index is 9.66. The molecule has 22 heavy (non-hydrogen) atoms. The van der Waals surface area contributed by atoms with Crippen LogP contribution >= 0.6 is 0 Å². The van der Waals surface area contributed by atoms with E-state index in [0.717, 1.165) is 5.82 Å². The molecular formula is C16H27N5O. The summed E-state index contributed by atoms with van der Waals surface area (Å²) in [5, 5.41) is 17.5. The molecule has 2 aliphatic rings. The Kier molecular flexibility index (Phi) is 4.55. The number of hydrogen-bond acceptors (Lipinski definition) is 5. The second kappa shape index (κ2) is 6.58. The Morgan fingerprint density at radius 2 is 1.55 bits per heavy atom. The summed E-state index contributed by atoms with van der Waals surface area (Å²) >= 11 is 0. The molecule has 2 saturated carbocycles. The van der Waals surface area contributed by atoms with Crippen molar-refractivity contribution in [3.8, 4) is 0 Å². The second-order valence-electron chi connectivity index (χ2n) is 6.67. The fraction of sp³-hybridized carbons (Fsp3) is 0.750. The van der Waals surface area contributed by atoms with Crippen molar-refractivity contribution in [1.29, 1.82) is 5.41 Å². The van der Waals surface area contributed by atoms with E-state index in [1.807, 2.05) is 0 Å². The predicted molar refractivity (Wildman–Crippen MR) is 85.9 cm³/mol. The van der Waals surface area contributed by atoms with Crippen molar-refractivity contribution in [1.82, 2.24) is 9.71 Å². The normalized spacial score (nSPS) is 20.9. The van der Waals surface area contributed by atoms with Gasteiger partial charge in [-0.25, -0.2) is 0 Å². The maximum Gasteiger partial charge on any atom is 0.259 e. The maximum absolute atomic E-state index is 9.66. The summed E-state index contributed by atoms with van der Waals surface area (Å²) in [5.41, 5.74) is 5.66. The Labute approximate surface area is 131 Å². The molecule has 0 spiro atoms. The van der Waals surface area contributed by atoms with E-state index in [4.69, 9.17) is 11.1 Å². The molecule has 2 fully saturated rings. The van der Waals surface area contributed by atoms with Gasteiger partial charge in [0.1, 0.15) is 11.6 Å². The van der Waals surface area contributed by atoms with Crippen LogP contribution in [0.15, 0.2) is 6.07 Å². The van der Waals surface area contributed by atoms with Crippen LogP contribution in [0.3, 0.4) is 0 Å². The average Bonchev–Trinajstić information content (AvgIpc) is 2.55. The molecule has 0 bridgehead atoms. The molecule has 3 rings (SSSR count). The molecule has 1 heterocycles. The van der Waals surface area contributed by atoms with Gasteiger partial charge in [-0.05, 0) is 25.7 Å². The monoisotopic (exact) mass is 305 g/mol. The van der Waals surface area contributed by atoms with E-state index >= 15 is 0 Å². The van der Waals surface area contributed by atoms with Crippen LogP contribution in [0.2, 0.25) is 0 Å². The van der Waals surface area contributed by atoms with E-state index in [1.165, 1.54) is 64.2 Å². The summed E-state index contributed by atoms with van der Waals surface area (Å²) in [5.74, 6) is 0.957. The smallest absolute Gasteiger partial charge is 0.259 e. The number of nitrogens with one attached hydrogen (secondary N) is 1. The van der Waals surface area contributed by atoms with Crippen molar-refractivity contribution < 1.29 is 5.21 Å². The molecule has 6 nitrogen and oxygen atoms in total. The van der Waals surface area contributed by atoms with Crippen molar-refractivity contribution in [2.24, 2.45) is 0 Å². The van der Waals surface area contributed by atoms with Gasteiger partial charge in [0.05, 0.1) is 0 Å². The lowest BCUT2D eigenvalue weighted by molar-refractivity contribution is 0.171. The molecule has 4 N–H and O–H groups in total. The van der Waals surface area contributed by atoms with Gasteiger partial charge in [-0.2, -0.15) is 4.98 Å². The molecule has 0 saturated heterocycles. The van der Waals surface area contributed by atoms with Crippen LogP contribution in [0.1, 0.15) is 64.2 Å². The summed E-state index contributed by atoms with van der Waals surface area (Å²) in [6.07, 6.45) is 12.5. The molecule has 0 aromatic carbocycles. The summed E-state index contributed by atoms with van der Waals surface area (Å²) in [7, 11) is 0. The molecule has 2 aliphatic carbocycles. The Morgan fingerprint density at radius 1 is 1.05 bits per heavy atom. The van der Waals surface area contributed by atoms with E-state index < -0.39 is 0 Å². The van der Waals surface area contributed by atoms with E-state index in [-0.39, 0.29) is 11.4 Å². The highest BCUT2D eigenvalue weighted by Gasteiger charge is 2.30. The number of anilines is 2. The van der Waals surface area contributed by atoms with Gasteiger partial charge in [-0.3, -0.25) is 5.41 Å². The van der Waals surface area contributed by atoms with Gasteiger partial charge in [-0.15, -0.1) is 4.73 Å². The second-order valence-corrected chi connectivity index (χ2v) is 6.67. The summed E-state index contributed by atoms with van der Waals surface area (Å²) in [6.45, 7) is 0. The standard InChI is InChI=1S/C16H27N5O/c17-14-11-15(19-16(18)21(14)22)20(12-7-3-1-4-8-12)13-9-5-2-6-10-13/h11-13,18,22H,1-10,17H2. The van der Waals surface area contributed by atoms with E-state index in [1.54, 1.807) is 6.07 Å². The van der Waals surface area contributed by atoms with E-state index in [2.05, 4.69) is 9.88 Å². The van der Waals surface area contributed by atoms with Crippen LogP contribution in [0.5, 0.6) is 0 Å². The van der Waals surface area contributed by atoms with Gasteiger partial charge in [0.15, 0.2) is 0 Å². The number of hydrogen-bond donors (Lipinski definition) is 3. The average molecular weight is 305 g/mol. The van der Waals surface area contributed by atoms with Crippen LogP contribution in [0.4, 0.5) is 11.6 Å². The van der Waals surface area contributed by atoms with E-state index in [9.17, 15) is 5.21 Å². The first-order chi connectivity index (χ1) is 10.7. The van der Waals surface area contributed by atoms with Crippen LogP contribution < -0.4 is 16.3 Å². The minimum atomic E-state index is -0.188. The zero-order chi connectivity index (χ0) is 15.5. The molecule has 0 radical (unpaired) electrons. The summed E-state index contributed by atoms with van der Waals surface area (Å²) in [4.78, 5) is 6.73. The lowest BCUT2D eigenvalue weighted by Gasteiger charge is -2.42. The molecule has 1 aromatic rings. The third kappa shape index (κ3) is 3.05. The van der Waals surface area contributed by atoms with Gasteiger partial charge < -0.3 is 15.8 Å². The van der Waals surface area contributed by atoms with Gasteiger partial charge in [0.2, 0.25) is 0 Å². The number of aromatic nitrogens is 2. The third-order valence-corrected chi connectivity index (χ3v) is 5.14. The highest BCUT2D eigenvalue weighted by Crippen LogP contribution is 2.33. The fourth-order valence-electron chi connectivity index (χ4n) is 4.03. The van der Waals surface area contributed by atoms with Gasteiger partial charge >= 0.3 is 0 Å². The number of nitrogens with two attached hydrogens (primary N) is 1. The topological polar surface area (TPSA) is 91.2 Å². The first kappa shape index (κ1) is 15.2. The Bertz CT molecular complexity index is 540. The lowest BCUT2D eigenvalue weighted by atomic mass is 9.88. The van der Waals surface area contributed by atoms with Crippen molar-refractivity contribution in [2.75, 3.05) is 10.6 Å². The third-order valence-electron chi connectivity index (χ3n) is 5.14. The number of nitrogen functional groups attached to an aromatic ring is 1. The van der Waals surface area contributed by atoms with Crippen LogP contribution in [0.25, 0.3) is 0 Å². The van der Waals surface area contributed by atoms with Crippen LogP contribution in [0, 0.1) is 5.41 Å². The molecule has 6 heteroatoms. The largest absolute Gasteiger partial charge is 0.423 e.